The second-order valence-corrected chi connectivity index (χ2v) is 10.9. The summed E-state index contributed by atoms with van der Waals surface area (Å²) in [7, 11) is 0. The fourth-order valence-electron chi connectivity index (χ4n) is 7.28. The van der Waals surface area contributed by atoms with Crippen LogP contribution in [0.5, 0.6) is 0 Å². The number of nitrogens with zero attached hydrogens (tertiary/aromatic N) is 5. The van der Waals surface area contributed by atoms with E-state index in [1.807, 2.05) is 24.7 Å². The van der Waals surface area contributed by atoms with Gasteiger partial charge in [0.15, 0.2) is 5.65 Å². The van der Waals surface area contributed by atoms with E-state index < -0.39 is 0 Å². The molecule has 5 heteroatoms. The van der Waals surface area contributed by atoms with Crippen molar-refractivity contribution in [3.05, 3.63) is 127 Å². The molecule has 0 saturated carbocycles. The van der Waals surface area contributed by atoms with Crippen LogP contribution in [0.1, 0.15) is 11.1 Å². The molecule has 190 valence electrons. The highest BCUT2D eigenvalue weighted by Crippen LogP contribution is 2.48. The summed E-state index contributed by atoms with van der Waals surface area (Å²) in [5.41, 5.74) is 12.7. The zero-order valence-electron chi connectivity index (χ0n) is 21.9. The minimum absolute atomic E-state index is 0.756. The summed E-state index contributed by atoms with van der Waals surface area (Å²) in [5, 5.41) is 6.21. The van der Waals surface area contributed by atoms with Crippen LogP contribution in [0, 0.1) is 0 Å². The molecule has 0 radical (unpaired) electrons. The van der Waals surface area contributed by atoms with E-state index in [4.69, 9.17) is 4.98 Å². The van der Waals surface area contributed by atoms with E-state index in [1.54, 1.807) is 0 Å². The van der Waals surface area contributed by atoms with Gasteiger partial charge in [0.05, 0.1) is 28.3 Å². The fraction of sp³-hybridized carbons (Fsp3) is 0.0278. The van der Waals surface area contributed by atoms with E-state index in [0.717, 1.165) is 28.7 Å². The zero-order valence-corrected chi connectivity index (χ0v) is 21.9. The van der Waals surface area contributed by atoms with Crippen molar-refractivity contribution in [1.29, 1.82) is 0 Å². The molecule has 1 aliphatic rings. The summed E-state index contributed by atoms with van der Waals surface area (Å²) in [5.74, 6) is 0. The van der Waals surface area contributed by atoms with E-state index in [0.29, 0.717) is 0 Å². The lowest BCUT2D eigenvalue weighted by Crippen LogP contribution is -1.95. The van der Waals surface area contributed by atoms with Gasteiger partial charge < -0.3 is 4.57 Å². The van der Waals surface area contributed by atoms with Crippen LogP contribution in [-0.2, 0) is 6.42 Å². The van der Waals surface area contributed by atoms with Gasteiger partial charge in [0, 0.05) is 46.0 Å². The lowest BCUT2D eigenvalue weighted by molar-refractivity contribution is 1.18. The molecule has 1 aliphatic carbocycles. The molecule has 5 nitrogen and oxygen atoms in total. The summed E-state index contributed by atoms with van der Waals surface area (Å²) in [6, 6.07) is 34.9. The third kappa shape index (κ3) is 2.63. The first-order valence-corrected chi connectivity index (χ1v) is 13.9. The van der Waals surface area contributed by atoms with Crippen LogP contribution < -0.4 is 0 Å². The Kier molecular flexibility index (Phi) is 3.92. The third-order valence-electron chi connectivity index (χ3n) is 8.90. The van der Waals surface area contributed by atoms with Gasteiger partial charge in [-0.2, -0.15) is 0 Å². The Morgan fingerprint density at radius 1 is 0.561 bits per heavy atom. The SMILES string of the molecule is c1ccc(-n2c3ccccc3c3c4c(ccc32)-c2ccc3c5ccncc5n5c6cccnc6nc5c3c2C4)cc1. The number of benzene rings is 4. The molecule has 0 N–H and O–H groups in total. The fourth-order valence-corrected chi connectivity index (χ4v) is 7.28. The number of aromatic nitrogens is 5. The molecule has 41 heavy (non-hydrogen) atoms. The molecule has 9 aromatic rings. The van der Waals surface area contributed by atoms with Gasteiger partial charge >= 0.3 is 0 Å². The molecule has 0 spiro atoms. The van der Waals surface area contributed by atoms with E-state index in [2.05, 4.69) is 110 Å². The number of pyridine rings is 3. The van der Waals surface area contributed by atoms with Crippen molar-refractivity contribution in [2.24, 2.45) is 0 Å². The summed E-state index contributed by atoms with van der Waals surface area (Å²) in [6.07, 6.45) is 6.50. The topological polar surface area (TPSA) is 48.0 Å². The van der Waals surface area contributed by atoms with Crippen molar-refractivity contribution in [3.63, 3.8) is 0 Å². The predicted octanol–water partition coefficient (Wildman–Crippen LogP) is 8.25. The Morgan fingerprint density at radius 2 is 1.37 bits per heavy atom. The Hall–Kier alpha value is -5.55. The van der Waals surface area contributed by atoms with Gasteiger partial charge in [-0.05, 0) is 70.1 Å². The highest BCUT2D eigenvalue weighted by molar-refractivity contribution is 6.19. The molecule has 4 aromatic carbocycles. The van der Waals surface area contributed by atoms with Gasteiger partial charge in [0.25, 0.3) is 0 Å². The Bertz CT molecular complexity index is 2550. The van der Waals surface area contributed by atoms with Crippen LogP contribution in [0.4, 0.5) is 0 Å². The lowest BCUT2D eigenvalue weighted by atomic mass is 9.97. The summed E-state index contributed by atoms with van der Waals surface area (Å²) in [4.78, 5) is 14.2. The molecule has 0 amide bonds. The summed E-state index contributed by atoms with van der Waals surface area (Å²) < 4.78 is 4.64. The van der Waals surface area contributed by atoms with Crippen LogP contribution >= 0.6 is 0 Å². The first-order chi connectivity index (χ1) is 20.4. The predicted molar refractivity (Wildman–Crippen MR) is 166 cm³/mol. The van der Waals surface area contributed by atoms with Crippen molar-refractivity contribution in [2.75, 3.05) is 0 Å². The van der Waals surface area contributed by atoms with Crippen LogP contribution in [-0.4, -0.2) is 23.9 Å². The minimum atomic E-state index is 0.756. The molecular weight excluding hydrogens is 502 g/mol. The number of hydrogen-bond donors (Lipinski definition) is 0. The maximum Gasteiger partial charge on any atom is 0.178 e. The molecule has 0 unspecified atom stereocenters. The molecule has 0 saturated heterocycles. The monoisotopic (exact) mass is 523 g/mol. The molecule has 0 fully saturated rings. The Labute approximate surface area is 234 Å². The maximum absolute atomic E-state index is 5.11. The highest BCUT2D eigenvalue weighted by Gasteiger charge is 2.28. The van der Waals surface area contributed by atoms with Crippen molar-refractivity contribution in [2.45, 2.75) is 6.42 Å². The normalized spacial score (nSPS) is 12.8. The third-order valence-corrected chi connectivity index (χ3v) is 8.90. The lowest BCUT2D eigenvalue weighted by Gasteiger charge is -2.12. The van der Waals surface area contributed by atoms with Crippen LogP contribution in [0.2, 0.25) is 0 Å². The zero-order chi connectivity index (χ0) is 26.7. The molecule has 5 heterocycles. The second-order valence-electron chi connectivity index (χ2n) is 10.9. The molecule has 0 bridgehead atoms. The number of fused-ring (bicyclic) bond motifs is 16. The molecule has 0 atom stereocenters. The van der Waals surface area contributed by atoms with Gasteiger partial charge in [-0.15, -0.1) is 0 Å². The number of hydrogen-bond acceptors (Lipinski definition) is 3. The van der Waals surface area contributed by atoms with Crippen molar-refractivity contribution in [3.8, 4) is 16.8 Å². The first kappa shape index (κ1) is 21.3. The van der Waals surface area contributed by atoms with E-state index in [-0.39, 0.29) is 0 Å². The van der Waals surface area contributed by atoms with Gasteiger partial charge in [0.2, 0.25) is 0 Å². The smallest absolute Gasteiger partial charge is 0.178 e. The average Bonchev–Trinajstić information content (AvgIpc) is 3.71. The van der Waals surface area contributed by atoms with E-state index in [1.165, 1.54) is 65.9 Å². The van der Waals surface area contributed by atoms with Crippen molar-refractivity contribution in [1.82, 2.24) is 23.9 Å². The maximum atomic E-state index is 5.11. The van der Waals surface area contributed by atoms with Gasteiger partial charge in [0.1, 0.15) is 5.65 Å². The second kappa shape index (κ2) is 7.55. The van der Waals surface area contributed by atoms with Crippen molar-refractivity contribution < 1.29 is 0 Å². The molecule has 5 aromatic heterocycles. The summed E-state index contributed by atoms with van der Waals surface area (Å²) in [6.45, 7) is 0. The first-order valence-electron chi connectivity index (χ1n) is 13.9. The van der Waals surface area contributed by atoms with Crippen LogP contribution in [0.15, 0.2) is 116 Å². The van der Waals surface area contributed by atoms with Gasteiger partial charge in [-0.3, -0.25) is 9.38 Å². The Morgan fingerprint density at radius 3 is 2.29 bits per heavy atom. The van der Waals surface area contributed by atoms with Gasteiger partial charge in [-0.1, -0.05) is 54.6 Å². The van der Waals surface area contributed by atoms with E-state index >= 15 is 0 Å². The highest BCUT2D eigenvalue weighted by atomic mass is 15.1. The molecule has 10 rings (SSSR count). The van der Waals surface area contributed by atoms with Crippen LogP contribution in [0.3, 0.4) is 0 Å². The quantitative estimate of drug-likeness (QED) is 0.204. The molecule has 0 aliphatic heterocycles. The largest absolute Gasteiger partial charge is 0.309 e. The van der Waals surface area contributed by atoms with Gasteiger partial charge in [-0.25, -0.2) is 9.97 Å². The van der Waals surface area contributed by atoms with Crippen LogP contribution in [0.25, 0.3) is 77.1 Å². The number of rotatable bonds is 1. The van der Waals surface area contributed by atoms with E-state index in [9.17, 15) is 0 Å². The Balaban J connectivity index is 1.34. The average molecular weight is 524 g/mol. The van der Waals surface area contributed by atoms with Crippen molar-refractivity contribution >= 4 is 60.3 Å². The summed E-state index contributed by atoms with van der Waals surface area (Å²) >= 11 is 0. The molecular formula is C36H21N5. The number of para-hydroxylation sites is 2. The minimum Gasteiger partial charge on any atom is -0.309 e. The standard InChI is InChI=1S/C36H21N5/c1-2-7-21(8-3-1)40-29-10-5-4-9-26(29)33-27-19-28-22(23(27)14-15-30(33)40)12-13-25-24-16-18-37-20-32(24)41-31-11-6-17-38-35(31)39-36(41)34(25)28/h1-18,20H,19H2. The number of imidazole rings is 1.